The fourth-order valence-electron chi connectivity index (χ4n) is 2.12. The summed E-state index contributed by atoms with van der Waals surface area (Å²) in [5.41, 5.74) is 0.646. The van der Waals surface area contributed by atoms with Crippen molar-refractivity contribution in [3.05, 3.63) is 23.6 Å². The minimum Gasteiger partial charge on any atom is -0.476 e. The lowest BCUT2D eigenvalue weighted by Gasteiger charge is -2.09. The lowest BCUT2D eigenvalue weighted by Crippen LogP contribution is -2.16. The lowest BCUT2D eigenvalue weighted by molar-refractivity contribution is 0.277. The summed E-state index contributed by atoms with van der Waals surface area (Å²) < 4.78 is 19.6. The van der Waals surface area contributed by atoms with E-state index in [1.807, 2.05) is 0 Å². The first-order valence-electron chi connectivity index (χ1n) is 7.80. The Morgan fingerprint density at radius 1 is 1.30 bits per heavy atom. The third-order valence-corrected chi connectivity index (χ3v) is 3.58. The predicted molar refractivity (Wildman–Crippen MR) is 78.3 cm³/mol. The molecule has 2 rings (SSSR count). The maximum Gasteiger partial charge on any atom is 0.250 e. The van der Waals surface area contributed by atoms with Gasteiger partial charge >= 0.3 is 0 Å². The smallest absolute Gasteiger partial charge is 0.250 e. The molecular weight excluding hydrogens is 255 g/mol. The van der Waals surface area contributed by atoms with Gasteiger partial charge in [-0.15, -0.1) is 0 Å². The summed E-state index contributed by atoms with van der Waals surface area (Å²) in [5.74, 6) is -0.162. The van der Waals surface area contributed by atoms with E-state index in [-0.39, 0.29) is 11.7 Å². The molecule has 1 N–H and O–H groups in total. The monoisotopic (exact) mass is 280 g/mol. The van der Waals surface area contributed by atoms with Crippen LogP contribution in [0.2, 0.25) is 0 Å². The van der Waals surface area contributed by atoms with Gasteiger partial charge in [-0.3, -0.25) is 0 Å². The van der Waals surface area contributed by atoms with E-state index in [1.165, 1.54) is 32.1 Å². The second-order valence-electron chi connectivity index (χ2n) is 5.51. The first kappa shape index (κ1) is 15.2. The molecule has 1 aliphatic carbocycles. The molecule has 0 saturated heterocycles. The first-order chi connectivity index (χ1) is 9.81. The Morgan fingerprint density at radius 2 is 2.10 bits per heavy atom. The number of rotatable bonds is 10. The van der Waals surface area contributed by atoms with Gasteiger partial charge in [-0.1, -0.05) is 32.6 Å². The van der Waals surface area contributed by atoms with E-state index in [4.69, 9.17) is 4.74 Å². The van der Waals surface area contributed by atoms with Crippen LogP contribution in [0.1, 0.15) is 57.4 Å². The number of hydrogen-bond donors (Lipinski definition) is 1. The van der Waals surface area contributed by atoms with Crippen LogP contribution in [0, 0.1) is 5.82 Å². The molecule has 1 aromatic rings. The molecule has 0 bridgehead atoms. The Kier molecular flexibility index (Phi) is 6.25. The second kappa shape index (κ2) is 8.20. The van der Waals surface area contributed by atoms with Crippen LogP contribution in [0.25, 0.3) is 0 Å². The minimum absolute atomic E-state index is 0.149. The van der Waals surface area contributed by atoms with Crippen molar-refractivity contribution in [1.29, 1.82) is 0 Å². The zero-order valence-electron chi connectivity index (χ0n) is 12.3. The van der Waals surface area contributed by atoms with Gasteiger partial charge in [-0.25, -0.2) is 9.37 Å². The number of nitrogens with one attached hydrogen (secondary N) is 1. The van der Waals surface area contributed by atoms with Crippen molar-refractivity contribution in [2.24, 2.45) is 0 Å². The van der Waals surface area contributed by atoms with Crippen LogP contribution in [0.15, 0.2) is 12.3 Å². The first-order valence-corrected chi connectivity index (χ1v) is 7.80. The molecule has 0 amide bonds. The van der Waals surface area contributed by atoms with Crippen LogP contribution >= 0.6 is 0 Å². The van der Waals surface area contributed by atoms with Gasteiger partial charge in [0.2, 0.25) is 0 Å². The van der Waals surface area contributed by atoms with Crippen molar-refractivity contribution in [1.82, 2.24) is 10.3 Å². The molecule has 1 aromatic heterocycles. The summed E-state index contributed by atoms with van der Waals surface area (Å²) >= 11 is 0. The number of aromatic nitrogens is 1. The van der Waals surface area contributed by atoms with Gasteiger partial charge in [0, 0.05) is 24.3 Å². The summed E-state index contributed by atoms with van der Waals surface area (Å²) in [6, 6.07) is 2.30. The van der Waals surface area contributed by atoms with Crippen LogP contribution in [-0.2, 0) is 6.54 Å². The molecule has 20 heavy (non-hydrogen) atoms. The highest BCUT2D eigenvalue weighted by molar-refractivity contribution is 5.23. The number of halogens is 1. The fourth-order valence-corrected chi connectivity index (χ4v) is 2.12. The van der Waals surface area contributed by atoms with Crippen molar-refractivity contribution in [2.45, 2.75) is 64.5 Å². The Bertz CT molecular complexity index is 407. The van der Waals surface area contributed by atoms with Gasteiger partial charge in [0.25, 0.3) is 5.88 Å². The van der Waals surface area contributed by atoms with Crippen molar-refractivity contribution >= 4 is 0 Å². The summed E-state index contributed by atoms with van der Waals surface area (Å²) in [6.07, 6.45) is 9.84. The van der Waals surface area contributed by atoms with E-state index in [9.17, 15) is 4.39 Å². The third-order valence-electron chi connectivity index (χ3n) is 3.58. The number of ether oxygens (including phenoxy) is 1. The van der Waals surface area contributed by atoms with E-state index in [2.05, 4.69) is 17.2 Å². The standard InChI is InChI=1S/C16H25FN2O/c1-2-3-4-5-6-11-20-16-15(17)13(9-10-18-16)12-19-14-7-8-14/h9-10,14,19H,2-8,11-12H2,1H3. The molecule has 1 aliphatic rings. The maximum atomic E-state index is 14.1. The second-order valence-corrected chi connectivity index (χ2v) is 5.51. The van der Waals surface area contributed by atoms with E-state index in [0.29, 0.717) is 24.8 Å². The Morgan fingerprint density at radius 3 is 2.85 bits per heavy atom. The number of pyridine rings is 1. The quantitative estimate of drug-likeness (QED) is 0.662. The van der Waals surface area contributed by atoms with Gasteiger partial charge < -0.3 is 10.1 Å². The molecule has 3 nitrogen and oxygen atoms in total. The molecule has 112 valence electrons. The Labute approximate surface area is 120 Å². The van der Waals surface area contributed by atoms with Crippen LogP contribution in [0.3, 0.4) is 0 Å². The molecule has 0 spiro atoms. The molecule has 1 heterocycles. The molecule has 0 atom stereocenters. The summed E-state index contributed by atoms with van der Waals surface area (Å²) in [7, 11) is 0. The largest absolute Gasteiger partial charge is 0.476 e. The molecule has 0 unspecified atom stereocenters. The zero-order valence-corrected chi connectivity index (χ0v) is 12.3. The number of hydrogen-bond acceptors (Lipinski definition) is 3. The molecule has 4 heteroatoms. The highest BCUT2D eigenvalue weighted by Crippen LogP contribution is 2.22. The Balaban J connectivity index is 1.73. The fraction of sp³-hybridized carbons (Fsp3) is 0.688. The van der Waals surface area contributed by atoms with E-state index in [0.717, 1.165) is 12.8 Å². The van der Waals surface area contributed by atoms with Crippen LogP contribution < -0.4 is 10.1 Å². The Hall–Kier alpha value is -1.16. The van der Waals surface area contributed by atoms with Crippen LogP contribution in [-0.4, -0.2) is 17.6 Å². The molecule has 0 radical (unpaired) electrons. The molecule has 0 aliphatic heterocycles. The van der Waals surface area contributed by atoms with Gasteiger partial charge in [-0.2, -0.15) is 0 Å². The van der Waals surface area contributed by atoms with Gasteiger partial charge in [-0.05, 0) is 25.3 Å². The predicted octanol–water partition coefficient (Wildman–Crippen LogP) is 3.82. The molecule has 1 saturated carbocycles. The van der Waals surface area contributed by atoms with E-state index >= 15 is 0 Å². The highest BCUT2D eigenvalue weighted by atomic mass is 19.1. The highest BCUT2D eigenvalue weighted by Gasteiger charge is 2.21. The molecule has 1 fully saturated rings. The third kappa shape index (κ3) is 5.08. The summed E-state index contributed by atoms with van der Waals surface area (Å²) in [5, 5.41) is 3.31. The zero-order chi connectivity index (χ0) is 14.2. The number of unbranched alkanes of at least 4 members (excludes halogenated alkanes) is 4. The molecular formula is C16H25FN2O. The van der Waals surface area contributed by atoms with Crippen molar-refractivity contribution in [2.75, 3.05) is 6.61 Å². The van der Waals surface area contributed by atoms with Crippen LogP contribution in [0.4, 0.5) is 4.39 Å². The minimum atomic E-state index is -0.311. The van der Waals surface area contributed by atoms with E-state index in [1.54, 1.807) is 12.3 Å². The van der Waals surface area contributed by atoms with Crippen molar-refractivity contribution in [3.8, 4) is 5.88 Å². The topological polar surface area (TPSA) is 34.1 Å². The average molecular weight is 280 g/mol. The molecule has 0 aromatic carbocycles. The van der Waals surface area contributed by atoms with Gasteiger partial charge in [0.15, 0.2) is 5.82 Å². The lowest BCUT2D eigenvalue weighted by atomic mass is 10.2. The average Bonchev–Trinajstić information content (AvgIpc) is 3.27. The maximum absolute atomic E-state index is 14.1. The van der Waals surface area contributed by atoms with Crippen molar-refractivity contribution < 1.29 is 9.13 Å². The van der Waals surface area contributed by atoms with Gasteiger partial charge in [0.1, 0.15) is 0 Å². The normalized spacial score (nSPS) is 14.5. The van der Waals surface area contributed by atoms with Crippen molar-refractivity contribution in [3.63, 3.8) is 0 Å². The SMILES string of the molecule is CCCCCCCOc1nccc(CNC2CC2)c1F. The summed E-state index contributed by atoms with van der Waals surface area (Å²) in [6.45, 7) is 3.30. The van der Waals surface area contributed by atoms with Crippen LogP contribution in [0.5, 0.6) is 5.88 Å². The number of nitrogens with zero attached hydrogens (tertiary/aromatic N) is 1. The summed E-state index contributed by atoms with van der Waals surface area (Å²) in [4.78, 5) is 3.99. The van der Waals surface area contributed by atoms with E-state index < -0.39 is 0 Å². The van der Waals surface area contributed by atoms with Gasteiger partial charge in [0.05, 0.1) is 6.61 Å².